The SMILES string of the molecule is O=C(COc1ccccc1Br)N/N=C/c1ccc(C(=O)O)cc1. The summed E-state index contributed by atoms with van der Waals surface area (Å²) < 4.78 is 6.10. The average Bonchev–Trinajstić information content (AvgIpc) is 2.54. The van der Waals surface area contributed by atoms with Gasteiger partial charge in [0.25, 0.3) is 5.91 Å². The minimum atomic E-state index is -0.994. The van der Waals surface area contributed by atoms with Crippen LogP contribution in [0.1, 0.15) is 15.9 Å². The van der Waals surface area contributed by atoms with Crippen LogP contribution in [0.4, 0.5) is 0 Å². The van der Waals surface area contributed by atoms with Crippen molar-refractivity contribution in [1.29, 1.82) is 0 Å². The molecule has 2 N–H and O–H groups in total. The fraction of sp³-hybridized carbons (Fsp3) is 0.0625. The molecule has 0 aliphatic rings. The fourth-order valence-corrected chi connectivity index (χ4v) is 2.03. The zero-order chi connectivity index (χ0) is 16.7. The fourth-order valence-electron chi connectivity index (χ4n) is 1.63. The minimum absolute atomic E-state index is 0.169. The van der Waals surface area contributed by atoms with E-state index in [1.54, 1.807) is 24.3 Å². The van der Waals surface area contributed by atoms with Crippen molar-refractivity contribution in [3.63, 3.8) is 0 Å². The van der Waals surface area contributed by atoms with Crippen LogP contribution in [0.3, 0.4) is 0 Å². The molecule has 1 amide bonds. The number of carboxylic acids is 1. The van der Waals surface area contributed by atoms with Crippen LogP contribution in [0, 0.1) is 0 Å². The van der Waals surface area contributed by atoms with Crippen LogP contribution in [0.25, 0.3) is 0 Å². The summed E-state index contributed by atoms with van der Waals surface area (Å²) in [6.07, 6.45) is 1.42. The average molecular weight is 377 g/mol. The summed E-state index contributed by atoms with van der Waals surface area (Å²) in [5.74, 6) is -0.832. The highest BCUT2D eigenvalue weighted by Gasteiger charge is 2.04. The van der Waals surface area contributed by atoms with Crippen molar-refractivity contribution in [2.24, 2.45) is 5.10 Å². The van der Waals surface area contributed by atoms with E-state index in [1.807, 2.05) is 12.1 Å². The Morgan fingerprint density at radius 1 is 1.17 bits per heavy atom. The lowest BCUT2D eigenvalue weighted by atomic mass is 10.1. The van der Waals surface area contributed by atoms with Gasteiger partial charge in [-0.25, -0.2) is 10.2 Å². The van der Waals surface area contributed by atoms with Crippen molar-refractivity contribution >= 4 is 34.0 Å². The van der Waals surface area contributed by atoms with Gasteiger partial charge in [0, 0.05) is 0 Å². The number of benzene rings is 2. The molecule has 0 saturated carbocycles. The Hall–Kier alpha value is -2.67. The maximum atomic E-state index is 11.6. The highest BCUT2D eigenvalue weighted by molar-refractivity contribution is 9.10. The van der Waals surface area contributed by atoms with Gasteiger partial charge in [-0.2, -0.15) is 5.10 Å². The summed E-state index contributed by atoms with van der Waals surface area (Å²) in [7, 11) is 0. The van der Waals surface area contributed by atoms with Gasteiger partial charge in [-0.15, -0.1) is 0 Å². The number of hydrazone groups is 1. The summed E-state index contributed by atoms with van der Waals surface area (Å²) >= 11 is 3.32. The highest BCUT2D eigenvalue weighted by Crippen LogP contribution is 2.23. The van der Waals surface area contributed by atoms with Crippen molar-refractivity contribution < 1.29 is 19.4 Å². The van der Waals surface area contributed by atoms with E-state index >= 15 is 0 Å². The van der Waals surface area contributed by atoms with Crippen LogP contribution in [-0.4, -0.2) is 29.8 Å². The lowest BCUT2D eigenvalue weighted by Crippen LogP contribution is -2.24. The summed E-state index contributed by atoms with van der Waals surface area (Å²) in [5, 5.41) is 12.6. The highest BCUT2D eigenvalue weighted by atomic mass is 79.9. The van der Waals surface area contributed by atoms with Crippen molar-refractivity contribution in [2.45, 2.75) is 0 Å². The third-order valence-corrected chi connectivity index (χ3v) is 3.41. The van der Waals surface area contributed by atoms with E-state index in [4.69, 9.17) is 9.84 Å². The van der Waals surface area contributed by atoms with E-state index in [9.17, 15) is 9.59 Å². The quantitative estimate of drug-likeness (QED) is 0.599. The number of halogens is 1. The Bertz CT molecular complexity index is 729. The molecule has 2 aromatic carbocycles. The smallest absolute Gasteiger partial charge is 0.335 e. The second-order valence-corrected chi connectivity index (χ2v) is 5.29. The molecule has 118 valence electrons. The van der Waals surface area contributed by atoms with Crippen molar-refractivity contribution in [3.8, 4) is 5.75 Å². The number of para-hydroxylation sites is 1. The first-order valence-corrected chi connectivity index (χ1v) is 7.38. The monoisotopic (exact) mass is 376 g/mol. The number of nitrogens with one attached hydrogen (secondary N) is 1. The largest absolute Gasteiger partial charge is 0.483 e. The Morgan fingerprint density at radius 2 is 1.87 bits per heavy atom. The molecule has 0 unspecified atom stereocenters. The predicted octanol–water partition coefficient (Wildman–Crippen LogP) is 2.68. The Balaban J connectivity index is 1.82. The van der Waals surface area contributed by atoms with E-state index < -0.39 is 11.9 Å². The van der Waals surface area contributed by atoms with Crippen molar-refractivity contribution in [2.75, 3.05) is 6.61 Å². The third-order valence-electron chi connectivity index (χ3n) is 2.76. The topological polar surface area (TPSA) is 88.0 Å². The predicted molar refractivity (Wildman–Crippen MR) is 88.8 cm³/mol. The summed E-state index contributed by atoms with van der Waals surface area (Å²) in [4.78, 5) is 22.3. The number of ether oxygens (including phenoxy) is 1. The Kier molecular flexibility index (Phi) is 5.87. The van der Waals surface area contributed by atoms with Gasteiger partial charge < -0.3 is 9.84 Å². The Morgan fingerprint density at radius 3 is 2.52 bits per heavy atom. The van der Waals surface area contributed by atoms with E-state index in [2.05, 4.69) is 26.5 Å². The van der Waals surface area contributed by atoms with E-state index in [1.165, 1.54) is 18.3 Å². The first-order valence-electron chi connectivity index (χ1n) is 6.59. The molecule has 7 heteroatoms. The summed E-state index contributed by atoms with van der Waals surface area (Å²) in [6.45, 7) is -0.169. The number of hydrogen-bond acceptors (Lipinski definition) is 4. The van der Waals surface area contributed by atoms with Crippen LogP contribution in [-0.2, 0) is 4.79 Å². The molecule has 0 bridgehead atoms. The van der Waals surface area contributed by atoms with Gasteiger partial charge in [-0.1, -0.05) is 24.3 Å². The molecular weight excluding hydrogens is 364 g/mol. The van der Waals surface area contributed by atoms with Gasteiger partial charge in [0.1, 0.15) is 5.75 Å². The number of carboxylic acid groups (broad SMARTS) is 1. The molecule has 2 aromatic rings. The molecule has 0 fully saturated rings. The number of nitrogens with zero attached hydrogens (tertiary/aromatic N) is 1. The second-order valence-electron chi connectivity index (χ2n) is 4.44. The van der Waals surface area contributed by atoms with Gasteiger partial charge >= 0.3 is 5.97 Å². The zero-order valence-corrected chi connectivity index (χ0v) is 13.5. The van der Waals surface area contributed by atoms with Crippen LogP contribution < -0.4 is 10.2 Å². The van der Waals surface area contributed by atoms with Gasteiger partial charge in [-0.05, 0) is 45.8 Å². The van der Waals surface area contributed by atoms with E-state index in [-0.39, 0.29) is 12.2 Å². The number of aromatic carboxylic acids is 1. The molecule has 23 heavy (non-hydrogen) atoms. The molecule has 0 heterocycles. The number of hydrogen-bond donors (Lipinski definition) is 2. The lowest BCUT2D eigenvalue weighted by molar-refractivity contribution is -0.123. The number of carbonyl (C=O) groups is 2. The molecule has 0 atom stereocenters. The van der Waals surface area contributed by atoms with Gasteiger partial charge in [-0.3, -0.25) is 4.79 Å². The lowest BCUT2D eigenvalue weighted by Gasteiger charge is -2.06. The molecule has 0 aliphatic carbocycles. The normalized spacial score (nSPS) is 10.5. The second kappa shape index (κ2) is 8.09. The van der Waals surface area contributed by atoms with Gasteiger partial charge in [0.2, 0.25) is 0 Å². The third kappa shape index (κ3) is 5.23. The standard InChI is InChI=1S/C16H13BrN2O4/c17-13-3-1-2-4-14(13)23-10-15(20)19-18-9-11-5-7-12(8-6-11)16(21)22/h1-9H,10H2,(H,19,20)(H,21,22)/b18-9+. The Labute approximate surface area is 140 Å². The maximum absolute atomic E-state index is 11.6. The van der Waals surface area contributed by atoms with Crippen LogP contribution in [0.2, 0.25) is 0 Å². The minimum Gasteiger partial charge on any atom is -0.483 e. The van der Waals surface area contributed by atoms with E-state index in [0.29, 0.717) is 11.3 Å². The van der Waals surface area contributed by atoms with Gasteiger partial charge in [0.05, 0.1) is 16.3 Å². The molecule has 0 saturated heterocycles. The summed E-state index contributed by atoms with van der Waals surface area (Å²) in [6, 6.07) is 13.3. The molecule has 0 aliphatic heterocycles. The molecule has 2 rings (SSSR count). The first-order chi connectivity index (χ1) is 11.1. The number of amides is 1. The summed E-state index contributed by atoms with van der Waals surface area (Å²) in [5.41, 5.74) is 3.19. The van der Waals surface area contributed by atoms with Crippen LogP contribution in [0.5, 0.6) is 5.75 Å². The molecule has 0 aromatic heterocycles. The van der Waals surface area contributed by atoms with Crippen molar-refractivity contribution in [1.82, 2.24) is 5.43 Å². The van der Waals surface area contributed by atoms with Crippen LogP contribution >= 0.6 is 15.9 Å². The number of rotatable bonds is 6. The zero-order valence-electron chi connectivity index (χ0n) is 11.9. The molecule has 0 spiro atoms. The molecule has 6 nitrogen and oxygen atoms in total. The van der Waals surface area contributed by atoms with Crippen LogP contribution in [0.15, 0.2) is 58.1 Å². The first kappa shape index (κ1) is 16.7. The molecular formula is C16H13BrN2O4. The molecule has 0 radical (unpaired) electrons. The number of carbonyl (C=O) groups excluding carboxylic acids is 1. The van der Waals surface area contributed by atoms with Crippen molar-refractivity contribution in [3.05, 3.63) is 64.1 Å². The maximum Gasteiger partial charge on any atom is 0.335 e. The van der Waals surface area contributed by atoms with E-state index in [0.717, 1.165) is 4.47 Å². The van der Waals surface area contributed by atoms with Gasteiger partial charge in [0.15, 0.2) is 6.61 Å².